The van der Waals surface area contributed by atoms with Crippen LogP contribution >= 0.6 is 0 Å². The average Bonchev–Trinajstić information content (AvgIpc) is 3.08. The van der Waals surface area contributed by atoms with Crippen LogP contribution in [0.1, 0.15) is 49.5 Å². The smallest absolute Gasteiger partial charge is 0.357 e. The number of cyclic esters (lactones) is 1. The predicted molar refractivity (Wildman–Crippen MR) is 103 cm³/mol. The van der Waals surface area contributed by atoms with Crippen molar-refractivity contribution in [2.24, 2.45) is 11.8 Å². The highest BCUT2D eigenvalue weighted by Gasteiger charge is 2.38. The molecule has 1 N–H and O–H groups in total. The van der Waals surface area contributed by atoms with Crippen LogP contribution in [0.5, 0.6) is 0 Å². The number of fused-ring (bicyclic) bond motifs is 1. The standard InChI is InChI=1S/C22H27NO5/c1-15-7-3-2-4-8-16-13-17(28-22(26)19-9-5-6-12-23-19)14-18(16)20(24)10-11-21(25)27-15/h4-6,8-12,15-18,20,24H,2-3,7,13-14H2,1H3/b8-4+,11-10?/t15-,16+,17-,18+,20+/m0/s1. The molecule has 0 aromatic carbocycles. The number of allylic oxidation sites excluding steroid dienone is 2. The van der Waals surface area contributed by atoms with Crippen molar-refractivity contribution in [2.45, 2.75) is 57.3 Å². The molecule has 0 radical (unpaired) electrons. The first-order valence-corrected chi connectivity index (χ1v) is 9.88. The Balaban J connectivity index is 1.69. The third-order valence-electron chi connectivity index (χ3n) is 5.32. The number of carbonyl (C=O) groups excluding carboxylic acids is 2. The molecule has 2 heterocycles. The molecule has 2 aliphatic rings. The van der Waals surface area contributed by atoms with E-state index in [4.69, 9.17) is 9.47 Å². The van der Waals surface area contributed by atoms with Gasteiger partial charge in [-0.25, -0.2) is 14.6 Å². The summed E-state index contributed by atoms with van der Waals surface area (Å²) in [6, 6.07) is 5.10. The molecule has 6 nitrogen and oxygen atoms in total. The molecule has 1 aromatic rings. The highest BCUT2D eigenvalue weighted by atomic mass is 16.5. The fourth-order valence-corrected chi connectivity index (χ4v) is 3.87. The van der Waals surface area contributed by atoms with Gasteiger partial charge in [0, 0.05) is 12.3 Å². The SMILES string of the molecule is C[C@H]1CCC/C=C/[C@@H]2C[C@H](OC(=O)c3ccccn3)C[C@H]2[C@H](O)C=CC(=O)O1. The minimum absolute atomic E-state index is 0.0791. The number of aliphatic hydroxyl groups excluding tert-OH is 1. The molecule has 0 saturated heterocycles. The molecule has 0 bridgehead atoms. The summed E-state index contributed by atoms with van der Waals surface area (Å²) in [4.78, 5) is 28.2. The molecule has 150 valence electrons. The maximum Gasteiger partial charge on any atom is 0.357 e. The van der Waals surface area contributed by atoms with Crippen LogP contribution in [0.4, 0.5) is 0 Å². The van der Waals surface area contributed by atoms with E-state index < -0.39 is 18.0 Å². The van der Waals surface area contributed by atoms with Gasteiger partial charge in [0.05, 0.1) is 12.2 Å². The van der Waals surface area contributed by atoms with Crippen molar-refractivity contribution in [3.05, 3.63) is 54.4 Å². The molecular weight excluding hydrogens is 358 g/mol. The van der Waals surface area contributed by atoms with Crippen LogP contribution < -0.4 is 0 Å². The van der Waals surface area contributed by atoms with Gasteiger partial charge in [-0.3, -0.25) is 0 Å². The van der Waals surface area contributed by atoms with Crippen LogP contribution in [0.25, 0.3) is 0 Å². The lowest BCUT2D eigenvalue weighted by Gasteiger charge is -2.19. The lowest BCUT2D eigenvalue weighted by Crippen LogP contribution is -2.22. The van der Waals surface area contributed by atoms with Gasteiger partial charge in [0.15, 0.2) is 0 Å². The molecule has 1 saturated carbocycles. The van der Waals surface area contributed by atoms with Gasteiger partial charge in [0.1, 0.15) is 11.8 Å². The van der Waals surface area contributed by atoms with Crippen molar-refractivity contribution in [1.82, 2.24) is 4.98 Å². The highest BCUT2D eigenvalue weighted by molar-refractivity contribution is 5.87. The van der Waals surface area contributed by atoms with E-state index in [-0.39, 0.29) is 29.7 Å². The van der Waals surface area contributed by atoms with Crippen molar-refractivity contribution < 1.29 is 24.2 Å². The van der Waals surface area contributed by atoms with Crippen LogP contribution in [0, 0.1) is 11.8 Å². The number of rotatable bonds is 2. The van der Waals surface area contributed by atoms with Crippen LogP contribution in [0.3, 0.4) is 0 Å². The third-order valence-corrected chi connectivity index (χ3v) is 5.32. The molecule has 1 aliphatic carbocycles. The number of hydrogen-bond donors (Lipinski definition) is 1. The second-order valence-corrected chi connectivity index (χ2v) is 7.50. The molecule has 0 spiro atoms. The Morgan fingerprint density at radius 3 is 2.93 bits per heavy atom. The quantitative estimate of drug-likeness (QED) is 0.621. The summed E-state index contributed by atoms with van der Waals surface area (Å²) in [5.74, 6) is -0.937. The number of ether oxygens (including phenoxy) is 2. The summed E-state index contributed by atoms with van der Waals surface area (Å²) < 4.78 is 10.9. The summed E-state index contributed by atoms with van der Waals surface area (Å²) in [7, 11) is 0. The Morgan fingerprint density at radius 2 is 2.14 bits per heavy atom. The lowest BCUT2D eigenvalue weighted by molar-refractivity contribution is -0.142. The number of hydrogen-bond acceptors (Lipinski definition) is 6. The second-order valence-electron chi connectivity index (χ2n) is 7.50. The zero-order chi connectivity index (χ0) is 19.9. The van der Waals surface area contributed by atoms with E-state index in [1.165, 1.54) is 12.2 Å². The minimum atomic E-state index is -0.809. The van der Waals surface area contributed by atoms with Crippen molar-refractivity contribution in [3.63, 3.8) is 0 Å². The lowest BCUT2D eigenvalue weighted by atomic mass is 9.90. The molecule has 6 heteroatoms. The summed E-state index contributed by atoms with van der Waals surface area (Å²) in [5.41, 5.74) is 0.275. The molecule has 0 amide bonds. The topological polar surface area (TPSA) is 85.7 Å². The third kappa shape index (κ3) is 5.52. The van der Waals surface area contributed by atoms with E-state index in [1.807, 2.05) is 6.92 Å². The minimum Gasteiger partial charge on any atom is -0.460 e. The molecule has 1 aromatic heterocycles. The number of nitrogens with zero attached hydrogens (tertiary/aromatic N) is 1. The Hall–Kier alpha value is -2.47. The summed E-state index contributed by atoms with van der Waals surface area (Å²) in [5, 5.41) is 10.6. The van der Waals surface area contributed by atoms with Gasteiger partial charge in [-0.2, -0.15) is 0 Å². The molecule has 5 atom stereocenters. The van der Waals surface area contributed by atoms with Crippen LogP contribution in [-0.2, 0) is 14.3 Å². The maximum absolute atomic E-state index is 12.3. The van der Waals surface area contributed by atoms with Crippen LogP contribution in [0.15, 0.2) is 48.7 Å². The molecule has 1 aliphatic heterocycles. The van der Waals surface area contributed by atoms with Gasteiger partial charge in [-0.1, -0.05) is 18.2 Å². The van der Waals surface area contributed by atoms with E-state index in [2.05, 4.69) is 17.1 Å². The summed E-state index contributed by atoms with van der Waals surface area (Å²) >= 11 is 0. The van der Waals surface area contributed by atoms with E-state index in [9.17, 15) is 14.7 Å². The van der Waals surface area contributed by atoms with E-state index in [0.29, 0.717) is 12.8 Å². The number of esters is 2. The highest BCUT2D eigenvalue weighted by Crippen LogP contribution is 2.38. The summed E-state index contributed by atoms with van der Waals surface area (Å²) in [6.07, 6.45) is 11.1. The van der Waals surface area contributed by atoms with Gasteiger partial charge in [0.25, 0.3) is 0 Å². The Labute approximate surface area is 165 Å². The fraction of sp³-hybridized carbons (Fsp3) is 0.500. The van der Waals surface area contributed by atoms with Gasteiger partial charge < -0.3 is 14.6 Å². The number of carbonyl (C=O) groups is 2. The Kier molecular flexibility index (Phi) is 6.98. The molecule has 1 fully saturated rings. The van der Waals surface area contributed by atoms with Gasteiger partial charge >= 0.3 is 11.9 Å². The molecular formula is C22H27NO5. The fourth-order valence-electron chi connectivity index (χ4n) is 3.87. The molecule has 3 rings (SSSR count). The zero-order valence-electron chi connectivity index (χ0n) is 16.1. The van der Waals surface area contributed by atoms with Crippen molar-refractivity contribution in [3.8, 4) is 0 Å². The summed E-state index contributed by atoms with van der Waals surface area (Å²) in [6.45, 7) is 1.88. The molecule has 0 unspecified atom stereocenters. The van der Waals surface area contributed by atoms with E-state index >= 15 is 0 Å². The Morgan fingerprint density at radius 1 is 1.29 bits per heavy atom. The van der Waals surface area contributed by atoms with E-state index in [0.717, 1.165) is 19.3 Å². The van der Waals surface area contributed by atoms with Crippen LogP contribution in [0.2, 0.25) is 0 Å². The van der Waals surface area contributed by atoms with Crippen LogP contribution in [-0.4, -0.2) is 40.3 Å². The van der Waals surface area contributed by atoms with Gasteiger partial charge in [0.2, 0.25) is 0 Å². The predicted octanol–water partition coefficient (Wildman–Crippen LogP) is 3.22. The Bertz CT molecular complexity index is 730. The van der Waals surface area contributed by atoms with Crippen molar-refractivity contribution in [1.29, 1.82) is 0 Å². The largest absolute Gasteiger partial charge is 0.460 e. The monoisotopic (exact) mass is 385 g/mol. The van der Waals surface area contributed by atoms with Crippen molar-refractivity contribution >= 4 is 11.9 Å². The van der Waals surface area contributed by atoms with E-state index in [1.54, 1.807) is 24.4 Å². The van der Waals surface area contributed by atoms with Gasteiger partial charge in [-0.15, -0.1) is 0 Å². The number of aromatic nitrogens is 1. The second kappa shape index (κ2) is 9.64. The maximum atomic E-state index is 12.3. The van der Waals surface area contributed by atoms with Gasteiger partial charge in [-0.05, 0) is 69.1 Å². The molecule has 28 heavy (non-hydrogen) atoms. The zero-order valence-corrected chi connectivity index (χ0v) is 16.1. The van der Waals surface area contributed by atoms with Crippen molar-refractivity contribution in [2.75, 3.05) is 0 Å². The normalized spacial score (nSPS) is 32.2. The first-order chi connectivity index (χ1) is 13.5. The average molecular weight is 385 g/mol. The first kappa shape index (κ1) is 20.3. The number of aliphatic hydroxyl groups is 1. The number of pyridine rings is 1. The first-order valence-electron chi connectivity index (χ1n) is 9.88.